The summed E-state index contributed by atoms with van der Waals surface area (Å²) in [7, 11) is 0. The third kappa shape index (κ3) is 3.46. The highest BCUT2D eigenvalue weighted by atomic mass is 19.2. The number of aromatic amines is 1. The van der Waals surface area contributed by atoms with Gasteiger partial charge in [-0.3, -0.25) is 14.4 Å². The summed E-state index contributed by atoms with van der Waals surface area (Å²) in [5.74, 6) is -1.78. The van der Waals surface area contributed by atoms with E-state index in [1.54, 1.807) is 12.1 Å². The average Bonchev–Trinajstić information content (AvgIpc) is 3.15. The Labute approximate surface area is 198 Å². The van der Waals surface area contributed by atoms with E-state index in [1.165, 1.54) is 0 Å². The number of fused-ring (bicyclic) bond motifs is 2. The smallest absolute Gasteiger partial charge is 0.261 e. The molecule has 180 valence electrons. The lowest BCUT2D eigenvalue weighted by Crippen LogP contribution is -2.79. The Morgan fingerprint density at radius 2 is 1.91 bits per heavy atom. The van der Waals surface area contributed by atoms with Crippen molar-refractivity contribution in [1.29, 1.82) is 0 Å². The first-order valence-corrected chi connectivity index (χ1v) is 11.4. The van der Waals surface area contributed by atoms with Gasteiger partial charge in [0.25, 0.3) is 5.91 Å². The molecule has 35 heavy (non-hydrogen) atoms. The molecule has 7 rings (SSSR count). The molecular formula is C25H22F2N4O4. The minimum atomic E-state index is -0.983. The summed E-state index contributed by atoms with van der Waals surface area (Å²) in [6.07, 6.45) is 0.605. The SMILES string of the molecule is Cc1ccc2c(c1)C(=O)C[C@H](C(=O)NC13CC(C(=O)NCc4nc5cc(F)c(F)cc5[nH]4)(C1)C3)O2. The molecule has 0 saturated heterocycles. The molecule has 8 nitrogen and oxygen atoms in total. The molecule has 3 fully saturated rings. The van der Waals surface area contributed by atoms with E-state index in [9.17, 15) is 23.2 Å². The molecule has 0 radical (unpaired) electrons. The van der Waals surface area contributed by atoms with Gasteiger partial charge in [0.1, 0.15) is 11.6 Å². The Balaban J connectivity index is 1.03. The van der Waals surface area contributed by atoms with Gasteiger partial charge in [-0.2, -0.15) is 0 Å². The summed E-state index contributed by atoms with van der Waals surface area (Å²) in [5, 5.41) is 5.81. The molecule has 0 unspecified atom stereocenters. The lowest BCUT2D eigenvalue weighted by Gasteiger charge is -2.69. The maximum atomic E-state index is 13.4. The predicted octanol–water partition coefficient (Wildman–Crippen LogP) is 2.84. The Kier molecular flexibility index (Phi) is 4.55. The highest BCUT2D eigenvalue weighted by Gasteiger charge is 2.72. The number of imidazole rings is 1. The van der Waals surface area contributed by atoms with Gasteiger partial charge in [-0.05, 0) is 38.3 Å². The molecule has 4 aliphatic rings. The number of rotatable bonds is 5. The van der Waals surface area contributed by atoms with Crippen LogP contribution in [-0.2, 0) is 16.1 Å². The summed E-state index contributed by atoms with van der Waals surface area (Å²) in [6, 6.07) is 7.33. The standard InChI is InChI=1S/C25H22F2N4O4/c1-12-2-3-19-13(4-12)18(32)7-20(35-19)22(33)31-25-9-24(10-25,11-25)23(34)28-8-21-29-16-5-14(26)15(27)6-17(16)30-21/h2-6,20H,7-11H2,1H3,(H,28,34)(H,29,30)(H,31,33)/t20-,24?,25?/m1/s1. The first-order chi connectivity index (χ1) is 16.7. The van der Waals surface area contributed by atoms with Gasteiger partial charge < -0.3 is 20.4 Å². The van der Waals surface area contributed by atoms with E-state index in [0.717, 1.165) is 17.7 Å². The van der Waals surface area contributed by atoms with Crippen LogP contribution in [0.4, 0.5) is 8.78 Å². The third-order valence-electron chi connectivity index (χ3n) is 7.26. The minimum absolute atomic E-state index is 0.0186. The number of hydrogen-bond acceptors (Lipinski definition) is 5. The van der Waals surface area contributed by atoms with E-state index >= 15 is 0 Å². The van der Waals surface area contributed by atoms with Gasteiger partial charge in [0.15, 0.2) is 23.5 Å². The molecule has 3 N–H and O–H groups in total. The van der Waals surface area contributed by atoms with Crippen LogP contribution in [0.15, 0.2) is 30.3 Å². The van der Waals surface area contributed by atoms with E-state index in [4.69, 9.17) is 4.74 Å². The Bertz CT molecular complexity index is 1370. The monoisotopic (exact) mass is 480 g/mol. The van der Waals surface area contributed by atoms with Crippen molar-refractivity contribution in [3.05, 3.63) is 58.9 Å². The second-order valence-electron chi connectivity index (χ2n) is 9.96. The zero-order valence-electron chi connectivity index (χ0n) is 18.8. The summed E-state index contributed by atoms with van der Waals surface area (Å²) in [4.78, 5) is 45.1. The van der Waals surface area contributed by atoms with Crippen LogP contribution >= 0.6 is 0 Å². The number of halogens is 2. The summed E-state index contributed by atoms with van der Waals surface area (Å²) in [5.41, 5.74) is 1.07. The molecule has 1 atom stereocenters. The number of benzene rings is 2. The first-order valence-electron chi connectivity index (χ1n) is 11.4. The number of nitrogens with zero attached hydrogens (tertiary/aromatic N) is 1. The van der Waals surface area contributed by atoms with Crippen LogP contribution in [-0.4, -0.2) is 39.2 Å². The molecule has 3 aromatic rings. The van der Waals surface area contributed by atoms with Crippen molar-refractivity contribution in [1.82, 2.24) is 20.6 Å². The number of nitrogens with one attached hydrogen (secondary N) is 3. The zero-order valence-corrected chi connectivity index (χ0v) is 18.8. The van der Waals surface area contributed by atoms with Crippen molar-refractivity contribution in [3.8, 4) is 5.75 Å². The number of carbonyl (C=O) groups is 3. The number of aromatic nitrogens is 2. The zero-order chi connectivity index (χ0) is 24.5. The topological polar surface area (TPSA) is 113 Å². The molecule has 0 spiro atoms. The van der Waals surface area contributed by atoms with Crippen molar-refractivity contribution in [3.63, 3.8) is 0 Å². The van der Waals surface area contributed by atoms with Crippen molar-refractivity contribution in [2.45, 2.75) is 50.8 Å². The van der Waals surface area contributed by atoms with Crippen LogP contribution in [0.3, 0.4) is 0 Å². The molecular weight excluding hydrogens is 458 g/mol. The number of carbonyl (C=O) groups excluding carboxylic acids is 3. The van der Waals surface area contributed by atoms with E-state index in [2.05, 4.69) is 20.6 Å². The van der Waals surface area contributed by atoms with Crippen molar-refractivity contribution in [2.75, 3.05) is 0 Å². The fourth-order valence-electron chi connectivity index (χ4n) is 5.58. The number of amides is 2. The van der Waals surface area contributed by atoms with Crippen molar-refractivity contribution in [2.24, 2.45) is 5.41 Å². The lowest BCUT2D eigenvalue weighted by atomic mass is 9.39. The van der Waals surface area contributed by atoms with Gasteiger partial charge >= 0.3 is 0 Å². The van der Waals surface area contributed by atoms with Gasteiger partial charge in [-0.25, -0.2) is 13.8 Å². The third-order valence-corrected chi connectivity index (χ3v) is 7.26. The van der Waals surface area contributed by atoms with Crippen molar-refractivity contribution < 1.29 is 27.9 Å². The molecule has 1 aliphatic heterocycles. The fraction of sp³-hybridized carbons (Fsp3) is 0.360. The van der Waals surface area contributed by atoms with Crippen LogP contribution in [0.2, 0.25) is 0 Å². The van der Waals surface area contributed by atoms with E-state index in [-0.39, 0.29) is 36.1 Å². The number of Topliss-reactive ketones (excluding diaryl/α,β-unsaturated/α-hetero) is 1. The Hall–Kier alpha value is -3.82. The van der Waals surface area contributed by atoms with E-state index < -0.39 is 28.7 Å². The van der Waals surface area contributed by atoms with Gasteiger partial charge in [0, 0.05) is 17.7 Å². The molecule has 2 bridgehead atoms. The first kappa shape index (κ1) is 21.7. The van der Waals surface area contributed by atoms with Crippen LogP contribution < -0.4 is 15.4 Å². The maximum Gasteiger partial charge on any atom is 0.261 e. The Morgan fingerprint density at radius 3 is 2.69 bits per heavy atom. The highest BCUT2D eigenvalue weighted by Crippen LogP contribution is 2.67. The average molecular weight is 480 g/mol. The number of hydrogen-bond donors (Lipinski definition) is 3. The molecule has 1 aromatic heterocycles. The number of ether oxygens (including phenoxy) is 1. The van der Waals surface area contributed by atoms with Gasteiger partial charge in [0.2, 0.25) is 5.91 Å². The van der Waals surface area contributed by atoms with E-state index in [1.807, 2.05) is 13.0 Å². The quantitative estimate of drug-likeness (QED) is 0.520. The van der Waals surface area contributed by atoms with E-state index in [0.29, 0.717) is 41.9 Å². The predicted molar refractivity (Wildman–Crippen MR) is 120 cm³/mol. The number of aryl methyl sites for hydroxylation is 1. The lowest BCUT2D eigenvalue weighted by molar-refractivity contribution is -0.185. The summed E-state index contributed by atoms with van der Waals surface area (Å²) < 4.78 is 32.5. The molecule has 2 heterocycles. The molecule has 10 heteroatoms. The normalized spacial score (nSPS) is 26.3. The largest absolute Gasteiger partial charge is 0.479 e. The molecule has 3 aliphatic carbocycles. The van der Waals surface area contributed by atoms with Gasteiger partial charge in [-0.15, -0.1) is 0 Å². The van der Waals surface area contributed by atoms with Crippen LogP contribution in [0, 0.1) is 24.0 Å². The molecule has 2 aromatic carbocycles. The second kappa shape index (κ2) is 7.34. The fourth-order valence-corrected chi connectivity index (χ4v) is 5.58. The second-order valence-corrected chi connectivity index (χ2v) is 9.96. The Morgan fingerprint density at radius 1 is 1.17 bits per heavy atom. The van der Waals surface area contributed by atoms with Crippen LogP contribution in [0.25, 0.3) is 11.0 Å². The van der Waals surface area contributed by atoms with Crippen molar-refractivity contribution >= 4 is 28.6 Å². The minimum Gasteiger partial charge on any atom is -0.479 e. The van der Waals surface area contributed by atoms with Gasteiger partial charge in [-0.1, -0.05) is 11.6 Å². The number of ketones is 1. The highest BCUT2D eigenvalue weighted by molar-refractivity contribution is 6.03. The molecule has 2 amide bonds. The molecule has 3 saturated carbocycles. The van der Waals surface area contributed by atoms with Crippen LogP contribution in [0.1, 0.15) is 47.4 Å². The van der Waals surface area contributed by atoms with Crippen LogP contribution in [0.5, 0.6) is 5.75 Å². The summed E-state index contributed by atoms with van der Waals surface area (Å²) >= 11 is 0. The van der Waals surface area contributed by atoms with Gasteiger partial charge in [0.05, 0.1) is 35.0 Å². The maximum absolute atomic E-state index is 13.4. The number of H-pyrrole nitrogens is 1. The summed E-state index contributed by atoms with van der Waals surface area (Å²) in [6.45, 7) is 1.98.